The minimum absolute atomic E-state index is 0.122. The molecular weight excluding hydrogens is 436 g/mol. The molecule has 0 fully saturated rings. The molecule has 3 aromatic rings. The zero-order valence-corrected chi connectivity index (χ0v) is 18.6. The Bertz CT molecular complexity index is 1250. The average Bonchev–Trinajstić information content (AvgIpc) is 2.75. The second-order valence-corrected chi connectivity index (χ2v) is 9.67. The first-order chi connectivity index (χ1) is 14.8. The van der Waals surface area contributed by atoms with Gasteiger partial charge in [-0.15, -0.1) is 0 Å². The van der Waals surface area contributed by atoms with Gasteiger partial charge < -0.3 is 10.1 Å². The highest BCUT2D eigenvalue weighted by Gasteiger charge is 2.37. The number of nitrogens with one attached hydrogen (secondary N) is 1. The number of aryl methyl sites for hydroxylation is 2. The topological polar surface area (TPSA) is 75.7 Å². The molecule has 0 aromatic heterocycles. The molecule has 1 aliphatic rings. The van der Waals surface area contributed by atoms with Crippen LogP contribution in [0.25, 0.3) is 0 Å². The second kappa shape index (κ2) is 8.24. The van der Waals surface area contributed by atoms with Crippen molar-refractivity contribution in [1.82, 2.24) is 0 Å². The van der Waals surface area contributed by atoms with Crippen LogP contribution in [0.1, 0.15) is 11.1 Å². The van der Waals surface area contributed by atoms with E-state index in [1.165, 1.54) is 22.5 Å². The van der Waals surface area contributed by atoms with Crippen LogP contribution < -0.4 is 14.4 Å². The largest absolute Gasteiger partial charge is 0.476 e. The number of carbonyl (C=O) groups is 1. The van der Waals surface area contributed by atoms with E-state index in [0.717, 1.165) is 11.1 Å². The quantitative estimate of drug-likeness (QED) is 0.624. The molecule has 1 amide bonds. The summed E-state index contributed by atoms with van der Waals surface area (Å²) < 4.78 is 33.8. The van der Waals surface area contributed by atoms with Gasteiger partial charge >= 0.3 is 0 Å². The number of nitrogens with zero attached hydrogens (tertiary/aromatic N) is 1. The summed E-state index contributed by atoms with van der Waals surface area (Å²) in [4.78, 5) is 13.1. The average molecular weight is 457 g/mol. The molecule has 1 atom stereocenters. The summed E-state index contributed by atoms with van der Waals surface area (Å²) >= 11 is 6.12. The lowest BCUT2D eigenvalue weighted by Gasteiger charge is -2.35. The van der Waals surface area contributed by atoms with Gasteiger partial charge in [-0.2, -0.15) is 0 Å². The summed E-state index contributed by atoms with van der Waals surface area (Å²) in [7, 11) is -3.93. The fourth-order valence-corrected chi connectivity index (χ4v) is 5.13. The van der Waals surface area contributed by atoms with Crippen molar-refractivity contribution in [3.8, 4) is 5.75 Å². The molecule has 1 heterocycles. The second-order valence-electron chi connectivity index (χ2n) is 7.38. The van der Waals surface area contributed by atoms with E-state index >= 15 is 0 Å². The van der Waals surface area contributed by atoms with Crippen molar-refractivity contribution in [2.75, 3.05) is 16.2 Å². The summed E-state index contributed by atoms with van der Waals surface area (Å²) in [6.07, 6.45) is -1.03. The van der Waals surface area contributed by atoms with Gasteiger partial charge in [-0.3, -0.25) is 9.10 Å². The standard InChI is InChI=1S/C23H21ClN2O4S/c1-15-8-10-19(16(2)12-15)25-23(27)22-14-26(20-13-17(24)9-11-21(20)30-22)31(28,29)18-6-4-3-5-7-18/h3-13,22H,14H2,1-2H3,(H,25,27). The summed E-state index contributed by atoms with van der Waals surface area (Å²) in [5, 5.41) is 3.22. The third-order valence-corrected chi connectivity index (χ3v) is 7.08. The van der Waals surface area contributed by atoms with E-state index in [-0.39, 0.29) is 17.2 Å². The lowest BCUT2D eigenvalue weighted by molar-refractivity contribution is -0.122. The monoisotopic (exact) mass is 456 g/mol. The Kier molecular flexibility index (Phi) is 5.64. The van der Waals surface area contributed by atoms with Crippen LogP contribution in [0, 0.1) is 13.8 Å². The Labute approximate surface area is 186 Å². The normalized spacial score (nSPS) is 15.7. The molecule has 31 heavy (non-hydrogen) atoms. The zero-order chi connectivity index (χ0) is 22.2. The Hall–Kier alpha value is -3.03. The maximum atomic E-state index is 13.4. The van der Waals surface area contributed by atoms with Gasteiger partial charge in [0.2, 0.25) is 0 Å². The predicted molar refractivity (Wildman–Crippen MR) is 121 cm³/mol. The van der Waals surface area contributed by atoms with Crippen molar-refractivity contribution < 1.29 is 17.9 Å². The molecule has 6 nitrogen and oxygen atoms in total. The minimum Gasteiger partial charge on any atom is -0.476 e. The summed E-state index contributed by atoms with van der Waals surface area (Å²) in [5.41, 5.74) is 2.94. The SMILES string of the molecule is Cc1ccc(NC(=O)C2CN(S(=O)(=O)c3ccccc3)c3cc(Cl)ccc3O2)c(C)c1. The molecule has 1 N–H and O–H groups in total. The van der Waals surface area contributed by atoms with Crippen molar-refractivity contribution in [1.29, 1.82) is 0 Å². The Morgan fingerprint density at radius 2 is 1.81 bits per heavy atom. The summed E-state index contributed by atoms with van der Waals surface area (Å²) in [6, 6.07) is 18.4. The third kappa shape index (κ3) is 4.24. The molecule has 160 valence electrons. The molecule has 1 aliphatic heterocycles. The van der Waals surface area contributed by atoms with Crippen molar-refractivity contribution in [2.45, 2.75) is 24.8 Å². The molecule has 0 bridgehead atoms. The van der Waals surface area contributed by atoms with Gasteiger partial charge in [-0.05, 0) is 55.8 Å². The van der Waals surface area contributed by atoms with Crippen molar-refractivity contribution >= 4 is 38.9 Å². The van der Waals surface area contributed by atoms with E-state index in [1.807, 2.05) is 32.0 Å². The first-order valence-electron chi connectivity index (χ1n) is 9.68. The summed E-state index contributed by atoms with van der Waals surface area (Å²) in [6.45, 7) is 3.69. The molecule has 0 saturated heterocycles. The third-order valence-electron chi connectivity index (χ3n) is 5.05. The van der Waals surface area contributed by atoms with Crippen LogP contribution in [0.3, 0.4) is 0 Å². The molecule has 0 spiro atoms. The van der Waals surface area contributed by atoms with Crippen LogP contribution in [-0.2, 0) is 14.8 Å². The number of rotatable bonds is 4. The maximum absolute atomic E-state index is 13.4. The van der Waals surface area contributed by atoms with E-state index < -0.39 is 22.0 Å². The van der Waals surface area contributed by atoms with Gasteiger partial charge in [0.1, 0.15) is 5.75 Å². The van der Waals surface area contributed by atoms with Crippen LogP contribution in [-0.4, -0.2) is 27.0 Å². The highest BCUT2D eigenvalue weighted by molar-refractivity contribution is 7.92. The maximum Gasteiger partial charge on any atom is 0.267 e. The number of hydrogen-bond acceptors (Lipinski definition) is 4. The van der Waals surface area contributed by atoms with Gasteiger partial charge in [0.15, 0.2) is 6.10 Å². The Balaban J connectivity index is 1.69. The molecule has 1 unspecified atom stereocenters. The lowest BCUT2D eigenvalue weighted by atomic mass is 10.1. The number of halogens is 1. The highest BCUT2D eigenvalue weighted by Crippen LogP contribution is 2.39. The first-order valence-corrected chi connectivity index (χ1v) is 11.5. The van der Waals surface area contributed by atoms with Crippen LogP contribution in [0.4, 0.5) is 11.4 Å². The minimum atomic E-state index is -3.93. The number of benzene rings is 3. The number of anilines is 2. The van der Waals surface area contributed by atoms with Crippen molar-refractivity contribution in [3.05, 3.63) is 82.9 Å². The molecule has 4 rings (SSSR count). The van der Waals surface area contributed by atoms with Crippen LogP contribution >= 0.6 is 11.6 Å². The molecule has 0 saturated carbocycles. The number of carbonyl (C=O) groups excluding carboxylic acids is 1. The van der Waals surface area contributed by atoms with Gasteiger partial charge in [-0.25, -0.2) is 8.42 Å². The fourth-order valence-electron chi connectivity index (χ4n) is 3.48. The molecule has 0 radical (unpaired) electrons. The van der Waals surface area contributed by atoms with E-state index in [2.05, 4.69) is 5.32 Å². The van der Waals surface area contributed by atoms with Gasteiger partial charge in [0.25, 0.3) is 15.9 Å². The summed E-state index contributed by atoms with van der Waals surface area (Å²) in [5.74, 6) is -0.156. The van der Waals surface area contributed by atoms with E-state index in [1.54, 1.807) is 30.3 Å². The predicted octanol–water partition coefficient (Wildman–Crippen LogP) is 4.55. The number of amides is 1. The van der Waals surface area contributed by atoms with Crippen LogP contribution in [0.2, 0.25) is 5.02 Å². The number of sulfonamides is 1. The molecule has 8 heteroatoms. The van der Waals surface area contributed by atoms with Crippen molar-refractivity contribution in [2.24, 2.45) is 0 Å². The first kappa shape index (κ1) is 21.2. The van der Waals surface area contributed by atoms with E-state index in [4.69, 9.17) is 16.3 Å². The van der Waals surface area contributed by atoms with Gasteiger partial charge in [0, 0.05) is 10.7 Å². The van der Waals surface area contributed by atoms with E-state index in [9.17, 15) is 13.2 Å². The fraction of sp³-hybridized carbons (Fsp3) is 0.174. The van der Waals surface area contributed by atoms with Gasteiger partial charge in [-0.1, -0.05) is 47.5 Å². The number of hydrogen-bond donors (Lipinski definition) is 1. The van der Waals surface area contributed by atoms with E-state index in [0.29, 0.717) is 16.4 Å². The molecule has 0 aliphatic carbocycles. The van der Waals surface area contributed by atoms with Gasteiger partial charge in [0.05, 0.1) is 17.1 Å². The smallest absolute Gasteiger partial charge is 0.267 e. The highest BCUT2D eigenvalue weighted by atomic mass is 35.5. The van der Waals surface area contributed by atoms with Crippen molar-refractivity contribution in [3.63, 3.8) is 0 Å². The van der Waals surface area contributed by atoms with Crippen LogP contribution in [0.5, 0.6) is 5.75 Å². The molecular formula is C23H21ClN2O4S. The lowest BCUT2D eigenvalue weighted by Crippen LogP contribution is -2.48. The Morgan fingerprint density at radius 1 is 1.06 bits per heavy atom. The number of ether oxygens (including phenoxy) is 1. The number of fused-ring (bicyclic) bond motifs is 1. The Morgan fingerprint density at radius 3 is 2.52 bits per heavy atom. The zero-order valence-electron chi connectivity index (χ0n) is 17.0. The molecule has 3 aromatic carbocycles. The van der Waals surface area contributed by atoms with Crippen LogP contribution in [0.15, 0.2) is 71.6 Å².